The van der Waals surface area contributed by atoms with Gasteiger partial charge in [-0.25, -0.2) is 0 Å². The molecule has 5 heteroatoms. The van der Waals surface area contributed by atoms with Gasteiger partial charge in [0.1, 0.15) is 6.10 Å². The summed E-state index contributed by atoms with van der Waals surface area (Å²) in [4.78, 5) is 26.1. The fourth-order valence-electron chi connectivity index (χ4n) is 3.28. The molecule has 0 radical (unpaired) electrons. The van der Waals surface area contributed by atoms with Gasteiger partial charge < -0.3 is 15.0 Å². The normalized spacial score (nSPS) is 29.2. The minimum absolute atomic E-state index is 0.00908. The first-order chi connectivity index (χ1) is 11.5. The van der Waals surface area contributed by atoms with Crippen LogP contribution < -0.4 is 5.32 Å². The van der Waals surface area contributed by atoms with Crippen molar-refractivity contribution in [2.24, 2.45) is 11.8 Å². The molecular weight excluding hydrogens is 304 g/mol. The van der Waals surface area contributed by atoms with Crippen LogP contribution in [0.2, 0.25) is 0 Å². The molecule has 4 atom stereocenters. The smallest absolute Gasteiger partial charge is 0.224 e. The zero-order valence-corrected chi connectivity index (χ0v) is 14.4. The molecule has 1 aromatic rings. The highest BCUT2D eigenvalue weighted by molar-refractivity contribution is 5.82. The maximum Gasteiger partial charge on any atom is 0.224 e. The van der Waals surface area contributed by atoms with Gasteiger partial charge in [-0.1, -0.05) is 37.3 Å². The van der Waals surface area contributed by atoms with Crippen molar-refractivity contribution >= 4 is 11.8 Å². The molecule has 1 saturated heterocycles. The average Bonchev–Trinajstić information content (AvgIpc) is 3.32. The third kappa shape index (κ3) is 4.15. The van der Waals surface area contributed by atoms with E-state index in [1.165, 1.54) is 0 Å². The maximum absolute atomic E-state index is 12.5. The van der Waals surface area contributed by atoms with Crippen molar-refractivity contribution in [1.29, 1.82) is 0 Å². The molecule has 1 aromatic carbocycles. The SMILES string of the molecule is CC1CN(C(=O)CCNC(=O)C2CC2C)CC(c2ccccc2)O1. The Morgan fingerprint density at radius 2 is 1.92 bits per heavy atom. The number of carbonyl (C=O) groups is 2. The Balaban J connectivity index is 1.49. The molecule has 4 unspecified atom stereocenters. The molecule has 1 N–H and O–H groups in total. The summed E-state index contributed by atoms with van der Waals surface area (Å²) in [6, 6.07) is 10.0. The van der Waals surface area contributed by atoms with Gasteiger partial charge in [0, 0.05) is 25.4 Å². The zero-order valence-electron chi connectivity index (χ0n) is 14.4. The van der Waals surface area contributed by atoms with E-state index in [1.807, 2.05) is 42.2 Å². The van der Waals surface area contributed by atoms with E-state index in [4.69, 9.17) is 4.74 Å². The van der Waals surface area contributed by atoms with Gasteiger partial charge in [0.2, 0.25) is 11.8 Å². The van der Waals surface area contributed by atoms with Crippen molar-refractivity contribution in [3.05, 3.63) is 35.9 Å². The average molecular weight is 330 g/mol. The summed E-state index contributed by atoms with van der Waals surface area (Å²) in [5.41, 5.74) is 1.10. The second kappa shape index (κ2) is 7.34. The van der Waals surface area contributed by atoms with Crippen LogP contribution in [-0.2, 0) is 14.3 Å². The topological polar surface area (TPSA) is 58.6 Å². The molecule has 3 rings (SSSR count). The van der Waals surface area contributed by atoms with Gasteiger partial charge in [-0.05, 0) is 24.8 Å². The molecule has 1 aliphatic heterocycles. The summed E-state index contributed by atoms with van der Waals surface area (Å²) in [6.45, 7) is 5.67. The van der Waals surface area contributed by atoms with Crippen molar-refractivity contribution in [3.63, 3.8) is 0 Å². The van der Waals surface area contributed by atoms with Crippen LogP contribution >= 0.6 is 0 Å². The van der Waals surface area contributed by atoms with E-state index in [0.29, 0.717) is 32.0 Å². The van der Waals surface area contributed by atoms with Crippen LogP contribution in [0.3, 0.4) is 0 Å². The summed E-state index contributed by atoms with van der Waals surface area (Å²) in [5, 5.41) is 2.88. The predicted octanol–water partition coefficient (Wildman–Crippen LogP) is 2.14. The highest BCUT2D eigenvalue weighted by atomic mass is 16.5. The molecule has 0 aromatic heterocycles. The van der Waals surface area contributed by atoms with Gasteiger partial charge in [-0.3, -0.25) is 9.59 Å². The van der Waals surface area contributed by atoms with Crippen molar-refractivity contribution in [2.45, 2.75) is 38.9 Å². The predicted molar refractivity (Wildman–Crippen MR) is 91.2 cm³/mol. The number of hydrogen-bond donors (Lipinski definition) is 1. The van der Waals surface area contributed by atoms with E-state index < -0.39 is 0 Å². The summed E-state index contributed by atoms with van der Waals surface area (Å²) in [5.74, 6) is 0.821. The lowest BCUT2D eigenvalue weighted by molar-refractivity contribution is -0.144. The number of morpholine rings is 1. The molecule has 24 heavy (non-hydrogen) atoms. The number of hydrogen-bond acceptors (Lipinski definition) is 3. The Morgan fingerprint density at radius 1 is 1.21 bits per heavy atom. The molecule has 2 amide bonds. The molecular formula is C19H26N2O3. The number of amides is 2. The molecule has 2 aliphatic rings. The van der Waals surface area contributed by atoms with Gasteiger partial charge in [0.25, 0.3) is 0 Å². The minimum atomic E-state index is -0.0826. The van der Waals surface area contributed by atoms with Crippen molar-refractivity contribution in [2.75, 3.05) is 19.6 Å². The summed E-state index contributed by atoms with van der Waals surface area (Å²) in [6.07, 6.45) is 1.25. The van der Waals surface area contributed by atoms with E-state index in [9.17, 15) is 9.59 Å². The van der Waals surface area contributed by atoms with E-state index in [1.54, 1.807) is 0 Å². The van der Waals surface area contributed by atoms with Crippen LogP contribution in [-0.4, -0.2) is 42.5 Å². The lowest BCUT2D eigenvalue weighted by atomic mass is 10.1. The molecule has 5 nitrogen and oxygen atoms in total. The second-order valence-corrected chi connectivity index (χ2v) is 7.01. The summed E-state index contributed by atoms with van der Waals surface area (Å²) < 4.78 is 5.98. The third-order valence-electron chi connectivity index (χ3n) is 4.87. The highest BCUT2D eigenvalue weighted by Crippen LogP contribution is 2.37. The number of rotatable bonds is 5. The van der Waals surface area contributed by atoms with Gasteiger partial charge >= 0.3 is 0 Å². The number of benzene rings is 1. The molecule has 1 aliphatic carbocycles. The summed E-state index contributed by atoms with van der Waals surface area (Å²) >= 11 is 0. The quantitative estimate of drug-likeness (QED) is 0.900. The van der Waals surface area contributed by atoms with Gasteiger partial charge in [0.15, 0.2) is 0 Å². The Hall–Kier alpha value is -1.88. The molecule has 2 fully saturated rings. The van der Waals surface area contributed by atoms with Crippen molar-refractivity contribution in [3.8, 4) is 0 Å². The van der Waals surface area contributed by atoms with E-state index in [-0.39, 0.29) is 29.9 Å². The van der Waals surface area contributed by atoms with E-state index >= 15 is 0 Å². The van der Waals surface area contributed by atoms with Crippen LogP contribution in [0.25, 0.3) is 0 Å². The van der Waals surface area contributed by atoms with Crippen molar-refractivity contribution < 1.29 is 14.3 Å². The van der Waals surface area contributed by atoms with Gasteiger partial charge in [-0.2, -0.15) is 0 Å². The molecule has 1 heterocycles. The zero-order chi connectivity index (χ0) is 17.1. The lowest BCUT2D eigenvalue weighted by Crippen LogP contribution is -2.46. The van der Waals surface area contributed by atoms with E-state index in [2.05, 4.69) is 12.2 Å². The standard InChI is InChI=1S/C19H26N2O3/c1-13-10-16(13)19(23)20-9-8-18(22)21-11-14(2)24-17(12-21)15-6-4-3-5-7-15/h3-7,13-14,16-17H,8-12H2,1-2H3,(H,20,23). The first-order valence-electron chi connectivity index (χ1n) is 8.80. The highest BCUT2D eigenvalue weighted by Gasteiger charge is 2.38. The monoisotopic (exact) mass is 330 g/mol. The maximum atomic E-state index is 12.5. The molecule has 0 spiro atoms. The first-order valence-corrected chi connectivity index (χ1v) is 8.80. The molecule has 1 saturated carbocycles. The fourth-order valence-corrected chi connectivity index (χ4v) is 3.28. The number of nitrogens with one attached hydrogen (secondary N) is 1. The van der Waals surface area contributed by atoms with E-state index in [0.717, 1.165) is 12.0 Å². The van der Waals surface area contributed by atoms with Crippen LogP contribution in [0.4, 0.5) is 0 Å². The fraction of sp³-hybridized carbons (Fsp3) is 0.579. The molecule has 0 bridgehead atoms. The Labute approximate surface area is 143 Å². The largest absolute Gasteiger partial charge is 0.367 e. The molecule has 130 valence electrons. The lowest BCUT2D eigenvalue weighted by Gasteiger charge is -2.37. The van der Waals surface area contributed by atoms with Crippen LogP contribution in [0.1, 0.15) is 38.4 Å². The number of nitrogens with zero attached hydrogens (tertiary/aromatic N) is 1. The number of carbonyl (C=O) groups excluding carboxylic acids is 2. The third-order valence-corrected chi connectivity index (χ3v) is 4.87. The Kier molecular flexibility index (Phi) is 5.19. The summed E-state index contributed by atoms with van der Waals surface area (Å²) in [7, 11) is 0. The van der Waals surface area contributed by atoms with Crippen LogP contribution in [0.5, 0.6) is 0 Å². The van der Waals surface area contributed by atoms with Crippen molar-refractivity contribution in [1.82, 2.24) is 10.2 Å². The van der Waals surface area contributed by atoms with Gasteiger partial charge in [-0.15, -0.1) is 0 Å². The Morgan fingerprint density at radius 3 is 2.58 bits per heavy atom. The van der Waals surface area contributed by atoms with Crippen LogP contribution in [0, 0.1) is 11.8 Å². The minimum Gasteiger partial charge on any atom is -0.367 e. The second-order valence-electron chi connectivity index (χ2n) is 7.01. The number of ether oxygens (including phenoxy) is 1. The Bertz CT molecular complexity index is 590. The first kappa shape index (κ1) is 17.0. The van der Waals surface area contributed by atoms with Crippen LogP contribution in [0.15, 0.2) is 30.3 Å². The van der Waals surface area contributed by atoms with Gasteiger partial charge in [0.05, 0.1) is 12.6 Å².